The predicted molar refractivity (Wildman–Crippen MR) is 94.6 cm³/mol. The molecule has 0 amide bonds. The number of aromatic hydroxyl groups is 1. The SMILES string of the molecule is CC1(C)OB(C(CC(=O)O)c2cc(Br)cc(Br)c2O)OC1(C)C. The van der Waals surface area contributed by atoms with Crippen LogP contribution < -0.4 is 0 Å². The molecule has 8 heteroatoms. The van der Waals surface area contributed by atoms with E-state index in [4.69, 9.17) is 9.31 Å². The minimum Gasteiger partial charge on any atom is -0.506 e. The van der Waals surface area contributed by atoms with Crippen molar-refractivity contribution in [3.8, 4) is 5.75 Å². The first-order chi connectivity index (χ1) is 10.4. The molecule has 5 nitrogen and oxygen atoms in total. The second kappa shape index (κ2) is 6.39. The van der Waals surface area contributed by atoms with E-state index in [1.165, 1.54) is 0 Å². The zero-order chi connectivity index (χ0) is 17.6. The highest BCUT2D eigenvalue weighted by Gasteiger charge is 2.54. The maximum absolute atomic E-state index is 11.3. The summed E-state index contributed by atoms with van der Waals surface area (Å²) in [4.78, 5) is 11.3. The van der Waals surface area contributed by atoms with Crippen LogP contribution >= 0.6 is 31.9 Å². The number of halogens is 2. The maximum atomic E-state index is 11.3. The smallest absolute Gasteiger partial charge is 0.466 e. The van der Waals surface area contributed by atoms with Gasteiger partial charge in [-0.15, -0.1) is 0 Å². The van der Waals surface area contributed by atoms with Crippen molar-refractivity contribution in [1.82, 2.24) is 0 Å². The monoisotopic (exact) mass is 448 g/mol. The minimum absolute atomic E-state index is 0.00541. The molecule has 126 valence electrons. The molecule has 23 heavy (non-hydrogen) atoms. The summed E-state index contributed by atoms with van der Waals surface area (Å²) in [6.45, 7) is 7.62. The number of rotatable bonds is 4. The highest BCUT2D eigenvalue weighted by molar-refractivity contribution is 9.11. The van der Waals surface area contributed by atoms with Gasteiger partial charge < -0.3 is 19.5 Å². The van der Waals surface area contributed by atoms with Crippen molar-refractivity contribution in [3.05, 3.63) is 26.6 Å². The van der Waals surface area contributed by atoms with Gasteiger partial charge in [-0.2, -0.15) is 0 Å². The normalized spacial score (nSPS) is 20.5. The Morgan fingerprint density at radius 1 is 1.22 bits per heavy atom. The summed E-state index contributed by atoms with van der Waals surface area (Å²) in [5.74, 6) is -1.63. The molecule has 1 aromatic carbocycles. The molecule has 1 aliphatic rings. The number of carbonyl (C=O) groups is 1. The standard InChI is InChI=1S/C15H19BBr2O5/c1-14(2)15(3,4)23-16(22-14)10(7-12(19)20)9-5-8(17)6-11(18)13(9)21/h5-6,10,21H,7H2,1-4H3,(H,19,20). The average molecular weight is 450 g/mol. The fourth-order valence-electron chi connectivity index (χ4n) is 2.46. The van der Waals surface area contributed by atoms with Crippen molar-refractivity contribution in [2.75, 3.05) is 0 Å². The van der Waals surface area contributed by atoms with Crippen LogP contribution in [0, 0.1) is 0 Å². The molecule has 0 aromatic heterocycles. The lowest BCUT2D eigenvalue weighted by atomic mass is 9.66. The molecule has 1 unspecified atom stereocenters. The van der Waals surface area contributed by atoms with E-state index in [0.29, 0.717) is 10.0 Å². The average Bonchev–Trinajstić information content (AvgIpc) is 2.60. The lowest BCUT2D eigenvalue weighted by molar-refractivity contribution is -0.137. The maximum Gasteiger partial charge on any atom is 0.466 e. The highest BCUT2D eigenvalue weighted by atomic mass is 79.9. The van der Waals surface area contributed by atoms with Crippen LogP contribution in [0.5, 0.6) is 5.75 Å². The molecule has 1 atom stereocenters. The molecule has 0 saturated carbocycles. The van der Waals surface area contributed by atoms with Gasteiger partial charge in [-0.25, -0.2) is 0 Å². The van der Waals surface area contributed by atoms with E-state index in [9.17, 15) is 15.0 Å². The van der Waals surface area contributed by atoms with E-state index in [-0.39, 0.29) is 12.2 Å². The number of phenolic OH excluding ortho intramolecular Hbond substituents is 1. The topological polar surface area (TPSA) is 76.0 Å². The summed E-state index contributed by atoms with van der Waals surface area (Å²) in [7, 11) is -0.761. The molecule has 0 radical (unpaired) electrons. The van der Waals surface area contributed by atoms with Gasteiger partial charge in [0.1, 0.15) is 5.75 Å². The molecular formula is C15H19BBr2O5. The summed E-state index contributed by atoms with van der Waals surface area (Å²) < 4.78 is 13.2. The molecule has 1 heterocycles. The molecular weight excluding hydrogens is 431 g/mol. The van der Waals surface area contributed by atoms with Gasteiger partial charge in [-0.1, -0.05) is 15.9 Å². The van der Waals surface area contributed by atoms with E-state index >= 15 is 0 Å². The van der Waals surface area contributed by atoms with Crippen molar-refractivity contribution < 1.29 is 24.3 Å². The van der Waals surface area contributed by atoms with Crippen molar-refractivity contribution >= 4 is 44.9 Å². The molecule has 1 saturated heterocycles. The third-order valence-corrected chi connectivity index (χ3v) is 5.51. The van der Waals surface area contributed by atoms with Gasteiger partial charge in [0.25, 0.3) is 0 Å². The lowest BCUT2D eigenvalue weighted by Crippen LogP contribution is -2.41. The summed E-state index contributed by atoms with van der Waals surface area (Å²) in [6.07, 6.45) is -0.215. The van der Waals surface area contributed by atoms with Gasteiger partial charge in [0.05, 0.1) is 22.1 Å². The molecule has 1 fully saturated rings. The second-order valence-corrected chi connectivity index (χ2v) is 8.42. The van der Waals surface area contributed by atoms with Crippen LogP contribution in [-0.4, -0.2) is 34.5 Å². The summed E-state index contributed by atoms with van der Waals surface area (Å²) in [6, 6.07) is 3.39. The van der Waals surface area contributed by atoms with E-state index < -0.39 is 30.1 Å². The third-order valence-electron chi connectivity index (χ3n) is 4.45. The van der Waals surface area contributed by atoms with Crippen LogP contribution in [0.2, 0.25) is 0 Å². The number of aliphatic carboxylic acids is 1. The zero-order valence-electron chi connectivity index (χ0n) is 13.4. The van der Waals surface area contributed by atoms with Crippen LogP contribution in [0.25, 0.3) is 0 Å². The lowest BCUT2D eigenvalue weighted by Gasteiger charge is -2.32. The van der Waals surface area contributed by atoms with Crippen molar-refractivity contribution in [1.29, 1.82) is 0 Å². The number of phenols is 1. The van der Waals surface area contributed by atoms with Crippen molar-refractivity contribution in [2.24, 2.45) is 0 Å². The first-order valence-corrected chi connectivity index (χ1v) is 8.78. The Balaban J connectivity index is 2.46. The third kappa shape index (κ3) is 3.75. The minimum atomic E-state index is -0.986. The Morgan fingerprint density at radius 2 is 1.74 bits per heavy atom. The second-order valence-electron chi connectivity index (χ2n) is 6.65. The summed E-state index contributed by atoms with van der Waals surface area (Å²) >= 11 is 6.64. The molecule has 0 bridgehead atoms. The van der Waals surface area contributed by atoms with Gasteiger partial charge >= 0.3 is 13.1 Å². The summed E-state index contributed by atoms with van der Waals surface area (Å²) in [5, 5.41) is 19.6. The number of carboxylic acid groups (broad SMARTS) is 1. The Hall–Kier alpha value is -0.565. The fourth-order valence-corrected chi connectivity index (χ4v) is 3.72. The highest BCUT2D eigenvalue weighted by Crippen LogP contribution is 2.45. The molecule has 0 aliphatic carbocycles. The molecule has 1 aromatic rings. The number of benzene rings is 1. The van der Waals surface area contributed by atoms with Gasteiger partial charge in [0, 0.05) is 10.3 Å². The van der Waals surface area contributed by atoms with Gasteiger partial charge in [0.2, 0.25) is 0 Å². The Kier molecular flexibility index (Phi) is 5.21. The summed E-state index contributed by atoms with van der Waals surface area (Å²) in [5.41, 5.74) is -0.687. The number of hydrogen-bond donors (Lipinski definition) is 2. The van der Waals surface area contributed by atoms with E-state index in [0.717, 1.165) is 4.47 Å². The largest absolute Gasteiger partial charge is 0.506 e. The zero-order valence-corrected chi connectivity index (χ0v) is 16.6. The van der Waals surface area contributed by atoms with Crippen LogP contribution in [0.4, 0.5) is 0 Å². The van der Waals surface area contributed by atoms with E-state index in [1.54, 1.807) is 12.1 Å². The first-order valence-electron chi connectivity index (χ1n) is 7.20. The van der Waals surface area contributed by atoms with Crippen LogP contribution in [0.15, 0.2) is 21.1 Å². The van der Waals surface area contributed by atoms with Crippen LogP contribution in [0.3, 0.4) is 0 Å². The van der Waals surface area contributed by atoms with Crippen LogP contribution in [0.1, 0.15) is 45.5 Å². The Labute approximate surface area is 152 Å². The van der Waals surface area contributed by atoms with Gasteiger partial charge in [-0.05, 0) is 61.3 Å². The molecule has 2 N–H and O–H groups in total. The van der Waals surface area contributed by atoms with E-state index in [2.05, 4.69) is 31.9 Å². The Morgan fingerprint density at radius 3 is 2.22 bits per heavy atom. The molecule has 0 spiro atoms. The van der Waals surface area contributed by atoms with Gasteiger partial charge in [-0.3, -0.25) is 4.79 Å². The number of carboxylic acids is 1. The van der Waals surface area contributed by atoms with Crippen molar-refractivity contribution in [3.63, 3.8) is 0 Å². The van der Waals surface area contributed by atoms with Gasteiger partial charge in [0.15, 0.2) is 0 Å². The van der Waals surface area contributed by atoms with Crippen molar-refractivity contribution in [2.45, 2.75) is 51.1 Å². The fraction of sp³-hybridized carbons (Fsp3) is 0.533. The number of hydrogen-bond acceptors (Lipinski definition) is 4. The van der Waals surface area contributed by atoms with Crippen LogP contribution in [-0.2, 0) is 14.1 Å². The quantitative estimate of drug-likeness (QED) is 0.676. The van der Waals surface area contributed by atoms with E-state index in [1.807, 2.05) is 27.7 Å². The predicted octanol–water partition coefficient (Wildman–Crippen LogP) is 4.11. The first kappa shape index (κ1) is 18.8. The molecule has 1 aliphatic heterocycles. The Bertz CT molecular complexity index is 617. The molecule has 2 rings (SSSR count).